The standard InChI is InChI=1S/C10H16N8/c1-6-4-8(15-10(13-6)16-11)14-7(2)9-17-12-5-18(9)3/h4-5,7H,11H2,1-3H3,(H2,13,14,15,16). The molecule has 0 saturated heterocycles. The van der Waals surface area contributed by atoms with Gasteiger partial charge in [0.1, 0.15) is 12.1 Å². The summed E-state index contributed by atoms with van der Waals surface area (Å²) >= 11 is 0. The Morgan fingerprint density at radius 3 is 2.78 bits per heavy atom. The zero-order valence-electron chi connectivity index (χ0n) is 10.5. The van der Waals surface area contributed by atoms with Crippen LogP contribution in [0, 0.1) is 6.92 Å². The largest absolute Gasteiger partial charge is 0.360 e. The quantitative estimate of drug-likeness (QED) is 0.530. The highest BCUT2D eigenvalue weighted by atomic mass is 15.3. The molecule has 1 unspecified atom stereocenters. The molecule has 0 saturated carbocycles. The molecule has 8 nitrogen and oxygen atoms in total. The van der Waals surface area contributed by atoms with Gasteiger partial charge in [0.2, 0.25) is 5.95 Å². The summed E-state index contributed by atoms with van der Waals surface area (Å²) in [5, 5.41) is 11.1. The van der Waals surface area contributed by atoms with Crippen LogP contribution < -0.4 is 16.6 Å². The van der Waals surface area contributed by atoms with E-state index in [9.17, 15) is 0 Å². The van der Waals surface area contributed by atoms with Crippen LogP contribution in [-0.2, 0) is 7.05 Å². The van der Waals surface area contributed by atoms with Crippen molar-refractivity contribution in [2.45, 2.75) is 19.9 Å². The lowest BCUT2D eigenvalue weighted by Crippen LogP contribution is -2.15. The van der Waals surface area contributed by atoms with E-state index in [4.69, 9.17) is 5.84 Å². The van der Waals surface area contributed by atoms with Gasteiger partial charge in [-0.25, -0.2) is 10.8 Å². The van der Waals surface area contributed by atoms with Crippen LogP contribution in [-0.4, -0.2) is 24.7 Å². The van der Waals surface area contributed by atoms with Gasteiger partial charge in [-0.3, -0.25) is 5.43 Å². The number of rotatable bonds is 4. The minimum Gasteiger partial charge on any atom is -0.360 e. The molecular weight excluding hydrogens is 232 g/mol. The fourth-order valence-corrected chi connectivity index (χ4v) is 1.68. The van der Waals surface area contributed by atoms with Gasteiger partial charge < -0.3 is 9.88 Å². The van der Waals surface area contributed by atoms with Crippen LogP contribution in [0.1, 0.15) is 24.5 Å². The van der Waals surface area contributed by atoms with Crippen molar-refractivity contribution in [3.8, 4) is 0 Å². The Hall–Kier alpha value is -2.22. The topological polar surface area (TPSA) is 107 Å². The normalized spacial score (nSPS) is 12.2. The van der Waals surface area contributed by atoms with E-state index in [1.54, 1.807) is 6.33 Å². The van der Waals surface area contributed by atoms with E-state index >= 15 is 0 Å². The maximum Gasteiger partial charge on any atom is 0.239 e. The first-order valence-electron chi connectivity index (χ1n) is 5.53. The summed E-state index contributed by atoms with van der Waals surface area (Å²) < 4.78 is 1.85. The van der Waals surface area contributed by atoms with Crippen molar-refractivity contribution in [1.82, 2.24) is 24.7 Å². The second-order valence-electron chi connectivity index (χ2n) is 4.03. The molecule has 0 amide bonds. The van der Waals surface area contributed by atoms with Crippen LogP contribution in [0.2, 0.25) is 0 Å². The molecular formula is C10H16N8. The fraction of sp³-hybridized carbons (Fsp3) is 0.400. The average Bonchev–Trinajstić information content (AvgIpc) is 2.74. The SMILES string of the molecule is Cc1cc(NC(C)c2nncn2C)nc(NN)n1. The van der Waals surface area contributed by atoms with E-state index in [-0.39, 0.29) is 6.04 Å². The summed E-state index contributed by atoms with van der Waals surface area (Å²) in [6.45, 7) is 3.86. The lowest BCUT2D eigenvalue weighted by atomic mass is 10.3. The fourth-order valence-electron chi connectivity index (χ4n) is 1.68. The predicted molar refractivity (Wildman–Crippen MR) is 67.6 cm³/mol. The van der Waals surface area contributed by atoms with E-state index in [0.29, 0.717) is 11.8 Å². The van der Waals surface area contributed by atoms with Gasteiger partial charge in [-0.15, -0.1) is 10.2 Å². The second-order valence-corrected chi connectivity index (χ2v) is 4.03. The summed E-state index contributed by atoms with van der Waals surface area (Å²) in [6, 6.07) is 1.82. The number of aryl methyl sites for hydroxylation is 2. The number of hydrazine groups is 1. The summed E-state index contributed by atoms with van der Waals surface area (Å²) in [5.74, 6) is 7.20. The third kappa shape index (κ3) is 2.54. The summed E-state index contributed by atoms with van der Waals surface area (Å²) in [6.07, 6.45) is 1.66. The Balaban J connectivity index is 2.19. The van der Waals surface area contributed by atoms with Crippen LogP contribution in [0.25, 0.3) is 0 Å². The number of nitrogens with zero attached hydrogens (tertiary/aromatic N) is 5. The van der Waals surface area contributed by atoms with Gasteiger partial charge in [-0.2, -0.15) is 4.98 Å². The molecule has 2 rings (SSSR count). The van der Waals surface area contributed by atoms with Gasteiger partial charge >= 0.3 is 0 Å². The summed E-state index contributed by atoms with van der Waals surface area (Å²) in [4.78, 5) is 8.34. The highest BCUT2D eigenvalue weighted by Crippen LogP contribution is 2.16. The van der Waals surface area contributed by atoms with E-state index < -0.39 is 0 Å². The number of nitrogen functional groups attached to an aromatic ring is 1. The van der Waals surface area contributed by atoms with Crippen LogP contribution in [0.3, 0.4) is 0 Å². The molecule has 1 atom stereocenters. The molecule has 0 aliphatic rings. The zero-order valence-corrected chi connectivity index (χ0v) is 10.5. The highest BCUT2D eigenvalue weighted by molar-refractivity contribution is 5.42. The Kier molecular flexibility index (Phi) is 3.38. The van der Waals surface area contributed by atoms with Gasteiger partial charge in [0.25, 0.3) is 0 Å². The van der Waals surface area contributed by atoms with Gasteiger partial charge in [-0.1, -0.05) is 0 Å². The molecule has 0 aliphatic heterocycles. The lowest BCUT2D eigenvalue weighted by Gasteiger charge is -2.14. The van der Waals surface area contributed by atoms with Crippen molar-refractivity contribution >= 4 is 11.8 Å². The first-order valence-corrected chi connectivity index (χ1v) is 5.53. The third-order valence-corrected chi connectivity index (χ3v) is 2.48. The Bertz CT molecular complexity index is 534. The molecule has 2 heterocycles. The van der Waals surface area contributed by atoms with Crippen molar-refractivity contribution in [3.63, 3.8) is 0 Å². The van der Waals surface area contributed by atoms with Crippen LogP contribution in [0.15, 0.2) is 12.4 Å². The molecule has 0 aliphatic carbocycles. The summed E-state index contributed by atoms with van der Waals surface area (Å²) in [5.41, 5.74) is 3.26. The van der Waals surface area contributed by atoms with Crippen molar-refractivity contribution < 1.29 is 0 Å². The van der Waals surface area contributed by atoms with Crippen LogP contribution in [0.4, 0.5) is 11.8 Å². The molecule has 8 heteroatoms. The first kappa shape index (κ1) is 12.2. The minimum absolute atomic E-state index is 0.0163. The maximum atomic E-state index is 5.31. The monoisotopic (exact) mass is 248 g/mol. The van der Waals surface area contributed by atoms with E-state index in [1.807, 2.05) is 31.5 Å². The lowest BCUT2D eigenvalue weighted by molar-refractivity contribution is 0.716. The Morgan fingerprint density at radius 1 is 1.39 bits per heavy atom. The van der Waals surface area contributed by atoms with Crippen LogP contribution in [0.5, 0.6) is 0 Å². The average molecular weight is 248 g/mol. The number of nitrogens with one attached hydrogen (secondary N) is 2. The molecule has 4 N–H and O–H groups in total. The van der Waals surface area contributed by atoms with Crippen molar-refractivity contribution in [2.75, 3.05) is 10.7 Å². The van der Waals surface area contributed by atoms with E-state index in [2.05, 4.69) is 30.9 Å². The van der Waals surface area contributed by atoms with E-state index in [1.165, 1.54) is 0 Å². The van der Waals surface area contributed by atoms with Crippen molar-refractivity contribution in [1.29, 1.82) is 0 Å². The number of anilines is 2. The molecule has 0 spiro atoms. The molecule has 0 bridgehead atoms. The molecule has 0 fully saturated rings. The Labute approximate surface area is 105 Å². The second kappa shape index (κ2) is 4.96. The molecule has 2 aromatic heterocycles. The number of aromatic nitrogens is 5. The number of hydrogen-bond donors (Lipinski definition) is 3. The smallest absolute Gasteiger partial charge is 0.239 e. The van der Waals surface area contributed by atoms with Gasteiger partial charge in [0.05, 0.1) is 6.04 Å². The zero-order chi connectivity index (χ0) is 13.1. The molecule has 18 heavy (non-hydrogen) atoms. The van der Waals surface area contributed by atoms with Gasteiger partial charge in [-0.05, 0) is 13.8 Å². The molecule has 96 valence electrons. The molecule has 0 aromatic carbocycles. The molecule has 0 radical (unpaired) electrons. The van der Waals surface area contributed by atoms with Crippen LogP contribution >= 0.6 is 0 Å². The number of hydrogen-bond acceptors (Lipinski definition) is 7. The maximum absolute atomic E-state index is 5.31. The summed E-state index contributed by atoms with van der Waals surface area (Å²) in [7, 11) is 1.89. The van der Waals surface area contributed by atoms with Gasteiger partial charge in [0, 0.05) is 18.8 Å². The highest BCUT2D eigenvalue weighted by Gasteiger charge is 2.12. The first-order chi connectivity index (χ1) is 8.60. The van der Waals surface area contributed by atoms with Gasteiger partial charge in [0.15, 0.2) is 5.82 Å². The number of nitrogens with two attached hydrogens (primary N) is 1. The van der Waals surface area contributed by atoms with Crippen molar-refractivity contribution in [3.05, 3.63) is 23.9 Å². The minimum atomic E-state index is -0.0163. The van der Waals surface area contributed by atoms with Crippen molar-refractivity contribution in [2.24, 2.45) is 12.9 Å². The molecule has 2 aromatic rings. The predicted octanol–water partition coefficient (Wildman–Crippen LogP) is 0.372. The van der Waals surface area contributed by atoms with E-state index in [0.717, 1.165) is 11.5 Å². The third-order valence-electron chi connectivity index (χ3n) is 2.48. The Morgan fingerprint density at radius 2 is 2.17 bits per heavy atom.